The Bertz CT molecular complexity index is 527. The van der Waals surface area contributed by atoms with E-state index < -0.39 is 23.1 Å². The van der Waals surface area contributed by atoms with E-state index in [0.717, 1.165) is 25.0 Å². The van der Waals surface area contributed by atoms with Gasteiger partial charge in [-0.2, -0.15) is 0 Å². The van der Waals surface area contributed by atoms with E-state index in [9.17, 15) is 18.4 Å². The Morgan fingerprint density at radius 1 is 1.05 bits per heavy atom. The molecule has 120 valence electrons. The molecule has 0 atom stereocenters. The molecule has 0 radical (unpaired) electrons. The normalized spacial score (nSPS) is 14.1. The van der Waals surface area contributed by atoms with Gasteiger partial charge in [0.25, 0.3) is 5.91 Å². The number of carbonyl (C=O) groups is 2. The zero-order valence-electron chi connectivity index (χ0n) is 12.1. The van der Waals surface area contributed by atoms with Crippen LogP contribution in [0.25, 0.3) is 0 Å². The van der Waals surface area contributed by atoms with Crippen molar-refractivity contribution in [2.45, 2.75) is 19.3 Å². The van der Waals surface area contributed by atoms with Crippen LogP contribution in [0.5, 0.6) is 0 Å². The van der Waals surface area contributed by atoms with Gasteiger partial charge in [0.2, 0.25) is 0 Å². The van der Waals surface area contributed by atoms with Gasteiger partial charge in [0, 0.05) is 19.6 Å². The fraction of sp³-hybridized carbons (Fsp3) is 0.467. The van der Waals surface area contributed by atoms with Crippen LogP contribution in [0.3, 0.4) is 0 Å². The molecule has 22 heavy (non-hydrogen) atoms. The molecule has 0 aliphatic heterocycles. The summed E-state index contributed by atoms with van der Waals surface area (Å²) in [5.74, 6) is -2.10. The molecule has 7 heteroatoms. The van der Waals surface area contributed by atoms with Gasteiger partial charge in [-0.15, -0.1) is 0 Å². The van der Waals surface area contributed by atoms with Gasteiger partial charge in [-0.25, -0.2) is 13.6 Å². The molecule has 0 spiro atoms. The van der Waals surface area contributed by atoms with Crippen molar-refractivity contribution in [2.75, 3.05) is 19.6 Å². The lowest BCUT2D eigenvalue weighted by Crippen LogP contribution is -2.42. The van der Waals surface area contributed by atoms with Gasteiger partial charge in [0.1, 0.15) is 17.2 Å². The lowest BCUT2D eigenvalue weighted by Gasteiger charge is -2.25. The summed E-state index contributed by atoms with van der Waals surface area (Å²) in [5, 5.41) is 7.67. The summed E-state index contributed by atoms with van der Waals surface area (Å²) in [7, 11) is 0. The first-order chi connectivity index (χ1) is 10.6. The second kappa shape index (κ2) is 7.72. The summed E-state index contributed by atoms with van der Waals surface area (Å²) < 4.78 is 26.7. The van der Waals surface area contributed by atoms with Crippen LogP contribution in [-0.2, 0) is 0 Å². The van der Waals surface area contributed by atoms with Crippen molar-refractivity contribution in [2.24, 2.45) is 5.92 Å². The lowest BCUT2D eigenvalue weighted by molar-refractivity contribution is 0.0945. The van der Waals surface area contributed by atoms with E-state index in [1.165, 1.54) is 12.5 Å². The van der Waals surface area contributed by atoms with Crippen molar-refractivity contribution in [3.05, 3.63) is 35.4 Å². The molecule has 3 amide bonds. The minimum Gasteiger partial charge on any atom is -0.350 e. The molecule has 0 bridgehead atoms. The van der Waals surface area contributed by atoms with Gasteiger partial charge in [0.05, 0.1) is 0 Å². The number of halogens is 2. The smallest absolute Gasteiger partial charge is 0.314 e. The molecular weight excluding hydrogens is 292 g/mol. The first-order valence-corrected chi connectivity index (χ1v) is 7.32. The third-order valence-corrected chi connectivity index (χ3v) is 3.66. The Morgan fingerprint density at radius 2 is 1.68 bits per heavy atom. The van der Waals surface area contributed by atoms with E-state index in [0.29, 0.717) is 12.5 Å². The largest absolute Gasteiger partial charge is 0.350 e. The molecule has 1 aromatic carbocycles. The summed E-state index contributed by atoms with van der Waals surface area (Å²) in [6, 6.07) is 2.92. The molecule has 1 aromatic rings. The Labute approximate surface area is 127 Å². The van der Waals surface area contributed by atoms with E-state index in [1.54, 1.807) is 0 Å². The van der Waals surface area contributed by atoms with Crippen LogP contribution >= 0.6 is 0 Å². The molecule has 1 fully saturated rings. The van der Waals surface area contributed by atoms with Crippen LogP contribution in [0, 0.1) is 17.6 Å². The Hall–Kier alpha value is -2.18. The van der Waals surface area contributed by atoms with Crippen molar-refractivity contribution in [1.29, 1.82) is 0 Å². The maximum absolute atomic E-state index is 13.4. The fourth-order valence-electron chi connectivity index (χ4n) is 2.15. The molecular formula is C15H19F2N3O2. The standard InChI is InChI=1S/C15H19F2N3O2/c16-11-5-2-6-12(17)13(11)14(21)18-7-8-19-15(22)20-9-10-3-1-4-10/h2,5-6,10H,1,3-4,7-9H2,(H,18,21)(H2,19,20,22). The van der Waals surface area contributed by atoms with Crippen molar-refractivity contribution in [3.63, 3.8) is 0 Å². The summed E-state index contributed by atoms with van der Waals surface area (Å²) in [5.41, 5.74) is -0.614. The highest BCUT2D eigenvalue weighted by atomic mass is 19.1. The van der Waals surface area contributed by atoms with Gasteiger partial charge < -0.3 is 16.0 Å². The van der Waals surface area contributed by atoms with Gasteiger partial charge in [-0.1, -0.05) is 12.5 Å². The molecule has 1 aliphatic rings. The Morgan fingerprint density at radius 3 is 2.27 bits per heavy atom. The molecule has 2 rings (SSSR count). The summed E-state index contributed by atoms with van der Waals surface area (Å²) in [6.45, 7) is 0.917. The van der Waals surface area contributed by atoms with Crippen LogP contribution in [0.15, 0.2) is 18.2 Å². The SMILES string of the molecule is O=C(NCCNC(=O)c1c(F)cccc1F)NCC1CCC1. The van der Waals surface area contributed by atoms with E-state index in [2.05, 4.69) is 16.0 Å². The molecule has 5 nitrogen and oxygen atoms in total. The molecule has 0 unspecified atom stereocenters. The van der Waals surface area contributed by atoms with E-state index >= 15 is 0 Å². The Balaban J connectivity index is 1.65. The first-order valence-electron chi connectivity index (χ1n) is 7.32. The van der Waals surface area contributed by atoms with Crippen LogP contribution in [0.1, 0.15) is 29.6 Å². The average Bonchev–Trinajstić information content (AvgIpc) is 2.41. The number of hydrogen-bond donors (Lipinski definition) is 3. The van der Waals surface area contributed by atoms with E-state index in [-0.39, 0.29) is 19.1 Å². The molecule has 1 saturated carbocycles. The molecule has 0 heterocycles. The second-order valence-corrected chi connectivity index (χ2v) is 5.29. The molecule has 0 saturated heterocycles. The number of benzene rings is 1. The van der Waals surface area contributed by atoms with Crippen LogP contribution in [-0.4, -0.2) is 31.6 Å². The fourth-order valence-corrected chi connectivity index (χ4v) is 2.15. The number of hydrogen-bond acceptors (Lipinski definition) is 2. The molecule has 0 aromatic heterocycles. The zero-order chi connectivity index (χ0) is 15.9. The number of carbonyl (C=O) groups excluding carboxylic acids is 2. The average molecular weight is 311 g/mol. The highest BCUT2D eigenvalue weighted by molar-refractivity contribution is 5.94. The minimum absolute atomic E-state index is 0.0868. The monoisotopic (exact) mass is 311 g/mol. The summed E-state index contributed by atoms with van der Waals surface area (Å²) >= 11 is 0. The third kappa shape index (κ3) is 4.41. The predicted molar refractivity (Wildman–Crippen MR) is 77.4 cm³/mol. The Kier molecular flexibility index (Phi) is 5.68. The number of nitrogens with one attached hydrogen (secondary N) is 3. The van der Waals surface area contributed by atoms with Gasteiger partial charge >= 0.3 is 6.03 Å². The summed E-state index contributed by atoms with van der Waals surface area (Å²) in [6.07, 6.45) is 3.50. The minimum atomic E-state index is -0.913. The topological polar surface area (TPSA) is 70.2 Å². The van der Waals surface area contributed by atoms with E-state index in [4.69, 9.17) is 0 Å². The number of urea groups is 1. The first kappa shape index (κ1) is 16.2. The lowest BCUT2D eigenvalue weighted by atomic mass is 9.85. The quantitative estimate of drug-likeness (QED) is 0.701. The number of amides is 3. The molecule has 3 N–H and O–H groups in total. The number of rotatable bonds is 6. The highest BCUT2D eigenvalue weighted by Gasteiger charge is 2.18. The van der Waals surface area contributed by atoms with Crippen LogP contribution in [0.2, 0.25) is 0 Å². The zero-order valence-corrected chi connectivity index (χ0v) is 12.1. The van der Waals surface area contributed by atoms with Crippen molar-refractivity contribution < 1.29 is 18.4 Å². The molecule has 1 aliphatic carbocycles. The van der Waals surface area contributed by atoms with Crippen molar-refractivity contribution >= 4 is 11.9 Å². The van der Waals surface area contributed by atoms with Gasteiger partial charge in [-0.3, -0.25) is 4.79 Å². The second-order valence-electron chi connectivity index (χ2n) is 5.29. The van der Waals surface area contributed by atoms with E-state index in [1.807, 2.05) is 0 Å². The highest BCUT2D eigenvalue weighted by Crippen LogP contribution is 2.24. The van der Waals surface area contributed by atoms with Crippen LogP contribution in [0.4, 0.5) is 13.6 Å². The van der Waals surface area contributed by atoms with Gasteiger partial charge in [-0.05, 0) is 30.9 Å². The maximum atomic E-state index is 13.4. The van der Waals surface area contributed by atoms with Crippen molar-refractivity contribution in [3.8, 4) is 0 Å². The summed E-state index contributed by atoms with van der Waals surface area (Å²) in [4.78, 5) is 23.1. The predicted octanol–water partition coefficient (Wildman–Crippen LogP) is 1.79. The van der Waals surface area contributed by atoms with Crippen molar-refractivity contribution in [1.82, 2.24) is 16.0 Å². The maximum Gasteiger partial charge on any atom is 0.314 e. The van der Waals surface area contributed by atoms with Gasteiger partial charge in [0.15, 0.2) is 0 Å². The third-order valence-electron chi connectivity index (χ3n) is 3.66. The van der Waals surface area contributed by atoms with Crippen LogP contribution < -0.4 is 16.0 Å².